The van der Waals surface area contributed by atoms with E-state index >= 15 is 0 Å². The first-order chi connectivity index (χ1) is 7.13. The van der Waals surface area contributed by atoms with E-state index in [2.05, 4.69) is 0 Å². The second-order valence-electron chi connectivity index (χ2n) is 2.72. The molecule has 0 heterocycles. The number of aliphatic hydroxyl groups excluding tert-OH is 1. The molecule has 0 saturated carbocycles. The van der Waals surface area contributed by atoms with Gasteiger partial charge in [0.05, 0.1) is 18.6 Å². The molecule has 6 nitrogen and oxygen atoms in total. The average molecular weight is 208 g/mol. The monoisotopic (exact) mass is 208 g/mol. The van der Waals surface area contributed by atoms with Gasteiger partial charge in [-0.25, -0.2) is 0 Å². The van der Waals surface area contributed by atoms with E-state index in [4.69, 9.17) is 15.1 Å². The molecule has 1 aromatic rings. The highest BCUT2D eigenvalue weighted by atomic mass is 16.6. The third kappa shape index (κ3) is 2.03. The van der Waals surface area contributed by atoms with Gasteiger partial charge >= 0.3 is 5.69 Å². The summed E-state index contributed by atoms with van der Waals surface area (Å²) < 4.78 is 4.79. The molecule has 0 amide bonds. The Hall–Kier alpha value is -2.13. The van der Waals surface area contributed by atoms with E-state index in [0.717, 1.165) is 0 Å². The summed E-state index contributed by atoms with van der Waals surface area (Å²) in [6, 6.07) is 4.29. The normalized spacial score (nSPS) is 9.40. The van der Waals surface area contributed by atoms with Gasteiger partial charge in [0.25, 0.3) is 0 Å². The molecule has 0 aliphatic carbocycles. The van der Waals surface area contributed by atoms with Crippen molar-refractivity contribution in [1.82, 2.24) is 0 Å². The maximum absolute atomic E-state index is 10.7. The maximum Gasteiger partial charge on any atom is 0.328 e. The van der Waals surface area contributed by atoms with Crippen molar-refractivity contribution in [3.8, 4) is 11.8 Å². The lowest BCUT2D eigenvalue weighted by Crippen LogP contribution is -1.99. The number of aliphatic hydroxyl groups is 1. The largest absolute Gasteiger partial charge is 0.490 e. The highest BCUT2D eigenvalue weighted by Crippen LogP contribution is 2.31. The van der Waals surface area contributed by atoms with Gasteiger partial charge in [0, 0.05) is 0 Å². The number of benzene rings is 1. The van der Waals surface area contributed by atoms with E-state index in [1.807, 2.05) is 0 Å². The zero-order chi connectivity index (χ0) is 11.4. The third-order valence-electron chi connectivity index (χ3n) is 1.84. The predicted molar refractivity (Wildman–Crippen MR) is 50.3 cm³/mol. The first kappa shape index (κ1) is 10.9. The van der Waals surface area contributed by atoms with Crippen LogP contribution in [0.4, 0.5) is 5.69 Å². The topological polar surface area (TPSA) is 96.4 Å². The van der Waals surface area contributed by atoms with Gasteiger partial charge in [-0.2, -0.15) is 5.26 Å². The van der Waals surface area contributed by atoms with Crippen LogP contribution < -0.4 is 4.74 Å². The summed E-state index contributed by atoms with van der Waals surface area (Å²) in [6.07, 6.45) is 0. The van der Waals surface area contributed by atoms with Crippen LogP contribution in [0.2, 0.25) is 0 Å². The fourth-order valence-electron chi connectivity index (χ4n) is 1.19. The molecule has 0 unspecified atom stereocenters. The Morgan fingerprint density at radius 3 is 2.73 bits per heavy atom. The van der Waals surface area contributed by atoms with Gasteiger partial charge in [-0.15, -0.1) is 0 Å². The number of methoxy groups -OCH3 is 1. The molecule has 0 aromatic heterocycles. The van der Waals surface area contributed by atoms with Crippen LogP contribution in [0, 0.1) is 21.4 Å². The van der Waals surface area contributed by atoms with E-state index < -0.39 is 4.92 Å². The average Bonchev–Trinajstić information content (AvgIpc) is 2.26. The second-order valence-corrected chi connectivity index (χ2v) is 2.72. The van der Waals surface area contributed by atoms with Crippen LogP contribution in [0.1, 0.15) is 11.1 Å². The number of hydrogen-bond acceptors (Lipinski definition) is 5. The highest BCUT2D eigenvalue weighted by molar-refractivity contribution is 5.59. The standard InChI is InChI=1S/C9H8N2O4/c1-15-8-3-6(5-12)2-7(4-10)9(8)11(13)14/h2-3,12H,5H2,1H3. The number of ether oxygens (including phenoxy) is 1. The van der Waals surface area contributed by atoms with Crippen molar-refractivity contribution in [3.05, 3.63) is 33.4 Å². The molecule has 0 fully saturated rings. The SMILES string of the molecule is COc1cc(CO)cc(C#N)c1[N+](=O)[O-]. The van der Waals surface area contributed by atoms with Gasteiger partial charge in [0.15, 0.2) is 5.75 Å². The first-order valence-corrected chi connectivity index (χ1v) is 4.00. The summed E-state index contributed by atoms with van der Waals surface area (Å²) in [4.78, 5) is 9.99. The zero-order valence-electron chi connectivity index (χ0n) is 7.93. The molecule has 78 valence electrons. The van der Waals surface area contributed by atoms with Crippen LogP contribution in [0.3, 0.4) is 0 Å². The fraction of sp³-hybridized carbons (Fsp3) is 0.222. The molecule has 0 saturated heterocycles. The summed E-state index contributed by atoms with van der Waals surface area (Å²) in [5.74, 6) is -0.0249. The third-order valence-corrected chi connectivity index (χ3v) is 1.84. The first-order valence-electron chi connectivity index (χ1n) is 4.00. The highest BCUT2D eigenvalue weighted by Gasteiger charge is 2.21. The van der Waals surface area contributed by atoms with Gasteiger partial charge in [-0.05, 0) is 17.7 Å². The van der Waals surface area contributed by atoms with Gasteiger partial charge in [-0.1, -0.05) is 0 Å². The van der Waals surface area contributed by atoms with Crippen LogP contribution in [-0.4, -0.2) is 17.1 Å². The minimum Gasteiger partial charge on any atom is -0.490 e. The summed E-state index contributed by atoms with van der Waals surface area (Å²) in [6.45, 7) is -0.303. The molecule has 0 radical (unpaired) electrons. The molecule has 0 spiro atoms. The lowest BCUT2D eigenvalue weighted by atomic mass is 10.1. The molecule has 0 bridgehead atoms. The van der Waals surface area contributed by atoms with Crippen molar-refractivity contribution in [2.24, 2.45) is 0 Å². The molecule has 6 heteroatoms. The number of nitrogens with zero attached hydrogens (tertiary/aromatic N) is 2. The van der Waals surface area contributed by atoms with Gasteiger partial charge < -0.3 is 9.84 Å². The van der Waals surface area contributed by atoms with Crippen LogP contribution in [0.5, 0.6) is 5.75 Å². The predicted octanol–water partition coefficient (Wildman–Crippen LogP) is 0.967. The number of rotatable bonds is 3. The molecule has 1 aromatic carbocycles. The Labute approximate surface area is 85.5 Å². The van der Waals surface area contributed by atoms with Crippen LogP contribution in [0.25, 0.3) is 0 Å². The summed E-state index contributed by atoms with van der Waals surface area (Å²) in [5, 5.41) is 28.3. The van der Waals surface area contributed by atoms with E-state index in [1.165, 1.54) is 19.2 Å². The van der Waals surface area contributed by atoms with E-state index in [0.29, 0.717) is 5.56 Å². The number of nitro benzene ring substituents is 1. The molecule has 0 atom stereocenters. The molecule has 0 aliphatic rings. The van der Waals surface area contributed by atoms with Crippen LogP contribution in [-0.2, 0) is 6.61 Å². The Morgan fingerprint density at radius 1 is 1.67 bits per heavy atom. The second kappa shape index (κ2) is 4.39. The lowest BCUT2D eigenvalue weighted by Gasteiger charge is -2.04. The van der Waals surface area contributed by atoms with Gasteiger partial charge in [-0.3, -0.25) is 10.1 Å². The zero-order valence-corrected chi connectivity index (χ0v) is 7.93. The number of nitriles is 1. The minimum absolute atomic E-state index is 0.0249. The Balaban J connectivity index is 3.48. The van der Waals surface area contributed by atoms with Crippen molar-refractivity contribution in [2.75, 3.05) is 7.11 Å². The fourth-order valence-corrected chi connectivity index (χ4v) is 1.19. The number of hydrogen-bond donors (Lipinski definition) is 1. The van der Waals surface area contributed by atoms with E-state index in [-0.39, 0.29) is 23.6 Å². The van der Waals surface area contributed by atoms with Crippen molar-refractivity contribution in [3.63, 3.8) is 0 Å². The molecule has 15 heavy (non-hydrogen) atoms. The van der Waals surface area contributed by atoms with Crippen LogP contribution in [0.15, 0.2) is 12.1 Å². The van der Waals surface area contributed by atoms with Crippen molar-refractivity contribution in [2.45, 2.75) is 6.61 Å². The molecule has 1 rings (SSSR count). The molecular formula is C9H8N2O4. The maximum atomic E-state index is 10.7. The molecule has 0 aliphatic heterocycles. The molecule has 1 N–H and O–H groups in total. The van der Waals surface area contributed by atoms with Crippen molar-refractivity contribution >= 4 is 5.69 Å². The lowest BCUT2D eigenvalue weighted by molar-refractivity contribution is -0.386. The molecular weight excluding hydrogens is 200 g/mol. The Bertz CT molecular complexity index is 436. The van der Waals surface area contributed by atoms with E-state index in [9.17, 15) is 10.1 Å². The number of nitro groups is 1. The summed E-state index contributed by atoms with van der Waals surface area (Å²) >= 11 is 0. The summed E-state index contributed by atoms with van der Waals surface area (Å²) in [5.41, 5.74) is -0.102. The smallest absolute Gasteiger partial charge is 0.328 e. The Kier molecular flexibility index (Phi) is 3.21. The minimum atomic E-state index is -0.682. The quantitative estimate of drug-likeness (QED) is 0.589. The van der Waals surface area contributed by atoms with Gasteiger partial charge in [0.1, 0.15) is 11.6 Å². The van der Waals surface area contributed by atoms with Gasteiger partial charge in [0.2, 0.25) is 0 Å². The summed E-state index contributed by atoms with van der Waals surface area (Å²) in [7, 11) is 1.27. The van der Waals surface area contributed by atoms with Crippen molar-refractivity contribution in [1.29, 1.82) is 5.26 Å². The Morgan fingerprint density at radius 2 is 2.33 bits per heavy atom. The van der Waals surface area contributed by atoms with E-state index in [1.54, 1.807) is 6.07 Å². The van der Waals surface area contributed by atoms with Crippen molar-refractivity contribution < 1.29 is 14.8 Å². The van der Waals surface area contributed by atoms with Crippen LogP contribution >= 0.6 is 0 Å².